The van der Waals surface area contributed by atoms with E-state index in [1.54, 1.807) is 12.1 Å². The van der Waals surface area contributed by atoms with Gasteiger partial charge in [-0.05, 0) is 24.3 Å². The van der Waals surface area contributed by atoms with Gasteiger partial charge in [0.25, 0.3) is 0 Å². The number of ether oxygens (including phenoxy) is 1. The Morgan fingerprint density at radius 2 is 2.10 bits per heavy atom. The highest BCUT2D eigenvalue weighted by Gasteiger charge is 2.32. The van der Waals surface area contributed by atoms with Crippen LogP contribution in [0.2, 0.25) is 0 Å². The third-order valence-electron chi connectivity index (χ3n) is 2.76. The molecule has 7 heteroatoms. The summed E-state index contributed by atoms with van der Waals surface area (Å²) in [6.45, 7) is 0.0231. The zero-order valence-corrected chi connectivity index (χ0v) is 13.2. The van der Waals surface area contributed by atoms with Crippen molar-refractivity contribution in [3.63, 3.8) is 0 Å². The topological polar surface area (TPSA) is 72.6 Å². The third kappa shape index (κ3) is 2.89. The first-order valence-electron chi connectivity index (χ1n) is 5.81. The van der Waals surface area contributed by atoms with E-state index < -0.39 is 5.97 Å². The van der Waals surface area contributed by atoms with Gasteiger partial charge in [-0.1, -0.05) is 27.7 Å². The minimum absolute atomic E-state index is 0.0231. The number of halogens is 1. The molecule has 1 saturated heterocycles. The van der Waals surface area contributed by atoms with E-state index in [4.69, 9.17) is 10.5 Å². The van der Waals surface area contributed by atoms with Crippen molar-refractivity contribution in [2.24, 2.45) is 5.73 Å². The van der Waals surface area contributed by atoms with Crippen molar-refractivity contribution in [3.8, 4) is 0 Å². The Hall–Kier alpha value is -1.31. The summed E-state index contributed by atoms with van der Waals surface area (Å²) in [5, 5.41) is 0.548. The molecule has 0 radical (unpaired) electrons. The van der Waals surface area contributed by atoms with E-state index in [9.17, 15) is 9.59 Å². The van der Waals surface area contributed by atoms with Crippen LogP contribution in [-0.4, -0.2) is 31.3 Å². The average Bonchev–Trinajstić information content (AvgIpc) is 2.82. The molecule has 1 heterocycles. The number of amides is 1. The van der Waals surface area contributed by atoms with E-state index in [1.807, 2.05) is 12.1 Å². The van der Waals surface area contributed by atoms with Gasteiger partial charge in [0.2, 0.25) is 5.91 Å². The van der Waals surface area contributed by atoms with Gasteiger partial charge in [-0.2, -0.15) is 0 Å². The monoisotopic (exact) mass is 356 g/mol. The molecule has 0 bridgehead atoms. The lowest BCUT2D eigenvalue weighted by atomic mass is 10.2. The zero-order valence-electron chi connectivity index (χ0n) is 10.8. The van der Waals surface area contributed by atoms with Crippen LogP contribution in [0.1, 0.15) is 0 Å². The molecule has 1 fully saturated rings. The molecule has 0 aliphatic carbocycles. The van der Waals surface area contributed by atoms with Gasteiger partial charge in [-0.25, -0.2) is 4.79 Å². The number of nitrogens with zero attached hydrogens (tertiary/aromatic N) is 1. The molecule has 0 spiro atoms. The number of benzene rings is 1. The molecule has 1 aromatic carbocycles. The highest BCUT2D eigenvalue weighted by molar-refractivity contribution is 9.10. The summed E-state index contributed by atoms with van der Waals surface area (Å²) >= 11 is 4.64. The summed E-state index contributed by atoms with van der Waals surface area (Å²) in [5.74, 6) is -0.305. The van der Waals surface area contributed by atoms with Gasteiger partial charge in [0.15, 0.2) is 0 Å². The van der Waals surface area contributed by atoms with Crippen molar-refractivity contribution >= 4 is 45.3 Å². The maximum Gasteiger partial charge on any atom is 0.337 e. The second kappa shape index (κ2) is 6.43. The predicted octanol–water partition coefficient (Wildman–Crippen LogP) is 1.87. The van der Waals surface area contributed by atoms with Crippen molar-refractivity contribution in [2.75, 3.05) is 24.3 Å². The number of carbonyl (C=O) groups is 2. The van der Waals surface area contributed by atoms with Gasteiger partial charge < -0.3 is 10.5 Å². The fraction of sp³-hybridized carbons (Fsp3) is 0.231. The molecule has 1 aliphatic rings. The maximum atomic E-state index is 12.1. The molecule has 5 nitrogen and oxygen atoms in total. The first-order chi connectivity index (χ1) is 9.58. The van der Waals surface area contributed by atoms with E-state index in [1.165, 1.54) is 23.8 Å². The number of thioether (sulfide) groups is 1. The molecule has 1 amide bonds. The van der Waals surface area contributed by atoms with Crippen LogP contribution in [0.4, 0.5) is 5.69 Å². The van der Waals surface area contributed by atoms with Crippen LogP contribution in [0.25, 0.3) is 0 Å². The molecule has 0 aromatic heterocycles. The number of hydrogen-bond donors (Lipinski definition) is 1. The van der Waals surface area contributed by atoms with Crippen molar-refractivity contribution in [3.05, 3.63) is 39.3 Å². The summed E-state index contributed by atoms with van der Waals surface area (Å²) < 4.78 is 5.63. The molecule has 1 aliphatic heterocycles. The lowest BCUT2D eigenvalue weighted by molar-refractivity contribution is -0.136. The SMILES string of the molecule is COC(=O)/C(CN)=C1\SCC(=O)N1c1ccc(Br)cc1. The van der Waals surface area contributed by atoms with E-state index >= 15 is 0 Å². The standard InChI is InChI=1S/C13H13BrN2O3S/c1-19-13(18)10(6-15)12-16(11(17)7-20-12)9-4-2-8(14)3-5-9/h2-5H,6-7,15H2,1H3/b12-10-. The van der Waals surface area contributed by atoms with Crippen molar-refractivity contribution < 1.29 is 14.3 Å². The molecule has 1 aromatic rings. The number of carbonyl (C=O) groups excluding carboxylic acids is 2. The quantitative estimate of drug-likeness (QED) is 0.661. The number of esters is 1. The summed E-state index contributed by atoms with van der Waals surface area (Å²) in [5.41, 5.74) is 6.63. The Bertz CT molecular complexity index is 571. The lowest BCUT2D eigenvalue weighted by Gasteiger charge is -2.19. The Balaban J connectivity index is 2.47. The zero-order chi connectivity index (χ0) is 14.7. The minimum atomic E-state index is -0.508. The molecular weight excluding hydrogens is 344 g/mol. The van der Waals surface area contributed by atoms with Gasteiger partial charge in [-0.15, -0.1) is 0 Å². The van der Waals surface area contributed by atoms with Crippen LogP contribution in [0.3, 0.4) is 0 Å². The van der Waals surface area contributed by atoms with E-state index in [0.29, 0.717) is 16.3 Å². The fourth-order valence-electron chi connectivity index (χ4n) is 1.83. The molecule has 0 unspecified atom stereocenters. The number of rotatable bonds is 3. The summed E-state index contributed by atoms with van der Waals surface area (Å²) in [4.78, 5) is 25.3. The van der Waals surface area contributed by atoms with E-state index in [2.05, 4.69) is 15.9 Å². The van der Waals surface area contributed by atoms with E-state index in [-0.39, 0.29) is 18.2 Å². The van der Waals surface area contributed by atoms with Crippen molar-refractivity contribution in [1.82, 2.24) is 0 Å². The Morgan fingerprint density at radius 3 is 2.65 bits per heavy atom. The van der Waals surface area contributed by atoms with Crippen molar-refractivity contribution in [1.29, 1.82) is 0 Å². The second-order valence-corrected chi connectivity index (χ2v) is 5.85. The van der Waals surface area contributed by atoms with Crippen LogP contribution in [0, 0.1) is 0 Å². The Morgan fingerprint density at radius 1 is 1.45 bits per heavy atom. The molecule has 0 saturated carbocycles. The molecule has 2 N–H and O–H groups in total. The van der Waals surface area contributed by atoms with E-state index in [0.717, 1.165) is 4.47 Å². The number of methoxy groups -OCH3 is 1. The first kappa shape index (κ1) is 15.1. The smallest absolute Gasteiger partial charge is 0.337 e. The van der Waals surface area contributed by atoms with Crippen LogP contribution >= 0.6 is 27.7 Å². The van der Waals surface area contributed by atoms with Crippen LogP contribution in [0.15, 0.2) is 39.3 Å². The van der Waals surface area contributed by atoms with Gasteiger partial charge >= 0.3 is 5.97 Å². The fourth-order valence-corrected chi connectivity index (χ4v) is 3.16. The second-order valence-electron chi connectivity index (χ2n) is 3.97. The third-order valence-corrected chi connectivity index (χ3v) is 4.39. The van der Waals surface area contributed by atoms with Gasteiger partial charge in [0.1, 0.15) is 0 Å². The largest absolute Gasteiger partial charge is 0.466 e. The molecule has 2 rings (SSSR count). The minimum Gasteiger partial charge on any atom is -0.466 e. The summed E-state index contributed by atoms with van der Waals surface area (Å²) in [6.07, 6.45) is 0. The summed E-state index contributed by atoms with van der Waals surface area (Å²) in [6, 6.07) is 7.28. The van der Waals surface area contributed by atoms with Gasteiger partial charge in [-0.3, -0.25) is 9.69 Å². The first-order valence-corrected chi connectivity index (χ1v) is 7.59. The normalized spacial score (nSPS) is 17.4. The van der Waals surface area contributed by atoms with Gasteiger partial charge in [0.05, 0.1) is 23.5 Å². The number of hydrogen-bond acceptors (Lipinski definition) is 5. The Labute approximate surface area is 129 Å². The van der Waals surface area contributed by atoms with Crippen molar-refractivity contribution in [2.45, 2.75) is 0 Å². The molecule has 20 heavy (non-hydrogen) atoms. The predicted molar refractivity (Wildman–Crippen MR) is 82.2 cm³/mol. The highest BCUT2D eigenvalue weighted by atomic mass is 79.9. The highest BCUT2D eigenvalue weighted by Crippen LogP contribution is 2.36. The summed E-state index contributed by atoms with van der Waals surface area (Å²) in [7, 11) is 1.30. The lowest BCUT2D eigenvalue weighted by Crippen LogP contribution is -2.27. The Kier molecular flexibility index (Phi) is 4.85. The molecule has 106 valence electrons. The van der Waals surface area contributed by atoms with Gasteiger partial charge in [0, 0.05) is 16.7 Å². The van der Waals surface area contributed by atoms with Crippen LogP contribution in [0.5, 0.6) is 0 Å². The maximum absolute atomic E-state index is 12.1. The molecular formula is C13H13BrN2O3S. The number of anilines is 1. The number of nitrogens with two attached hydrogens (primary N) is 1. The van der Waals surface area contributed by atoms with Crippen LogP contribution < -0.4 is 10.6 Å². The molecule has 0 atom stereocenters. The van der Waals surface area contributed by atoms with Crippen LogP contribution in [-0.2, 0) is 14.3 Å². The average molecular weight is 357 g/mol.